The van der Waals surface area contributed by atoms with Crippen molar-refractivity contribution in [2.24, 2.45) is 5.41 Å². The molecular formula is C6H13F3Si. The van der Waals surface area contributed by atoms with Crippen LogP contribution in [0.15, 0.2) is 0 Å². The molecule has 0 aromatic heterocycles. The lowest BCUT2D eigenvalue weighted by atomic mass is 9.96. The molecule has 0 unspecified atom stereocenters. The van der Waals surface area contributed by atoms with Crippen LogP contribution in [0.2, 0.25) is 12.5 Å². The molecule has 62 valence electrons. The summed E-state index contributed by atoms with van der Waals surface area (Å²) in [6.45, 7) is -8.09. The summed E-state index contributed by atoms with van der Waals surface area (Å²) < 4.78 is 111. The van der Waals surface area contributed by atoms with E-state index in [-0.39, 0.29) is 0 Å². The van der Waals surface area contributed by atoms with E-state index in [0.717, 1.165) is 0 Å². The first-order valence-corrected chi connectivity index (χ1v) is 3.82. The molecule has 0 aliphatic heterocycles. The van der Waals surface area contributed by atoms with Gasteiger partial charge in [0, 0.05) is 22.8 Å². The highest BCUT2D eigenvalue weighted by atomic mass is 28.2. The predicted molar refractivity (Wildman–Crippen MR) is 39.1 cm³/mol. The van der Waals surface area contributed by atoms with Crippen LogP contribution in [0.1, 0.15) is 24.7 Å². The third-order valence-electron chi connectivity index (χ3n) is 0.738. The minimum absolute atomic E-state index is 0.505. The van der Waals surface area contributed by atoms with Gasteiger partial charge < -0.3 is 0 Å². The van der Waals surface area contributed by atoms with Crippen LogP contribution in [0.25, 0.3) is 0 Å². The van der Waals surface area contributed by atoms with E-state index in [2.05, 4.69) is 0 Å². The number of rotatable bonds is 2. The fourth-order valence-electron chi connectivity index (χ4n) is 0.258. The molecule has 4 heteroatoms. The van der Waals surface area contributed by atoms with Crippen molar-refractivity contribution in [2.75, 3.05) is 0 Å². The molecule has 0 rings (SSSR count). The Balaban J connectivity index is 6.83. The van der Waals surface area contributed by atoms with Gasteiger partial charge in [0.05, 0.1) is 5.41 Å². The third kappa shape index (κ3) is 2.32. The Morgan fingerprint density at radius 2 is 2.10 bits per heavy atom. The monoisotopic (exact) mass is 180 g/mol. The Hall–Kier alpha value is 0.00688. The number of halogens is 3. The van der Waals surface area contributed by atoms with E-state index in [1.165, 1.54) is 0 Å². The zero-order valence-corrected chi connectivity index (χ0v) is 6.13. The largest absolute Gasteiger partial charge is 0.393 e. The van der Waals surface area contributed by atoms with Gasteiger partial charge in [-0.2, -0.15) is 13.2 Å². The molecule has 0 aromatic carbocycles. The van der Waals surface area contributed by atoms with E-state index in [0.29, 0.717) is 6.55 Å². The molecule has 0 saturated carbocycles. The summed E-state index contributed by atoms with van der Waals surface area (Å²) >= 11 is 0. The van der Waals surface area contributed by atoms with Gasteiger partial charge in [-0.25, -0.2) is 0 Å². The lowest BCUT2D eigenvalue weighted by Crippen LogP contribution is -2.32. The van der Waals surface area contributed by atoms with Crippen LogP contribution in [0, 0.1) is 5.41 Å². The second-order valence-electron chi connectivity index (χ2n) is 1.62. The standard InChI is InChI=1S/C6H13F3Si/c1-5(2,4-10-3)6(7,8)9/h4,10H2,1-3H3/i1D3,2D3,4D2,10D2. The van der Waals surface area contributed by atoms with Crippen LogP contribution in [0.5, 0.6) is 0 Å². The molecule has 0 aromatic rings. The lowest BCUT2D eigenvalue weighted by Gasteiger charge is -2.26. The topological polar surface area (TPSA) is 0 Å². The molecule has 0 heterocycles. The maximum atomic E-state index is 13.3. The minimum Gasteiger partial charge on any atom is -0.171 e. The number of hydrogen-bond acceptors (Lipinski definition) is 0. The Morgan fingerprint density at radius 1 is 1.60 bits per heavy atom. The third-order valence-corrected chi connectivity index (χ3v) is 1.36. The first-order chi connectivity index (χ1) is 8.25. The van der Waals surface area contributed by atoms with Crippen LogP contribution >= 0.6 is 0 Å². The molecule has 0 spiro atoms. The molecule has 0 aliphatic rings. The quantitative estimate of drug-likeness (QED) is 0.572. The zero-order valence-electron chi connectivity index (χ0n) is 15.1. The fraction of sp³-hybridized carbons (Fsp3) is 1.00. The summed E-state index contributed by atoms with van der Waals surface area (Å²) in [7, 11) is -4.96. The van der Waals surface area contributed by atoms with Gasteiger partial charge in [0.25, 0.3) is 0 Å². The average Bonchev–Trinajstić information content (AvgIpc) is 1.89. The van der Waals surface area contributed by atoms with E-state index < -0.39 is 40.7 Å². The molecule has 10 heavy (non-hydrogen) atoms. The normalized spacial score (nSPS) is 34.0. The Labute approximate surface area is 75.3 Å². The van der Waals surface area contributed by atoms with Crippen LogP contribution in [-0.4, -0.2) is 18.0 Å². The van der Waals surface area contributed by atoms with E-state index in [9.17, 15) is 13.2 Å². The first-order valence-electron chi connectivity index (χ1n) is 7.32. The van der Waals surface area contributed by atoms with Gasteiger partial charge in [-0.3, -0.25) is 0 Å². The molecule has 0 saturated heterocycles. The van der Waals surface area contributed by atoms with Crippen LogP contribution in [0.3, 0.4) is 0 Å². The van der Waals surface area contributed by atoms with Crippen molar-refractivity contribution in [1.29, 1.82) is 2.47 Å². The van der Waals surface area contributed by atoms with Crippen molar-refractivity contribution in [3.63, 3.8) is 0 Å². The van der Waals surface area contributed by atoms with Gasteiger partial charge in [-0.15, -0.1) is 0 Å². The van der Waals surface area contributed by atoms with Gasteiger partial charge in [0.15, 0.2) is 0 Å². The van der Waals surface area contributed by atoms with Gasteiger partial charge in [-0.05, 0) is 6.00 Å². The SMILES string of the molecule is [2H]C([2H])([2H])C(C([2H])([2H])[2H])(C(F)(F)F)C([2H])([2H])[Si]([2H])([2H])C. The maximum absolute atomic E-state index is 13.3. The molecule has 0 bridgehead atoms. The Morgan fingerprint density at radius 3 is 2.20 bits per heavy atom. The fourth-order valence-corrected chi connectivity index (χ4v) is 0.775. The summed E-state index contributed by atoms with van der Waals surface area (Å²) in [6, 6.07) is 0. The summed E-state index contributed by atoms with van der Waals surface area (Å²) in [5, 5.41) is 0. The van der Waals surface area contributed by atoms with Gasteiger partial charge >= 0.3 is 6.18 Å². The molecule has 0 nitrogen and oxygen atoms in total. The van der Waals surface area contributed by atoms with Crippen molar-refractivity contribution in [1.82, 2.24) is 0 Å². The van der Waals surface area contributed by atoms with E-state index in [4.69, 9.17) is 13.4 Å². The highest BCUT2D eigenvalue weighted by Gasteiger charge is 2.45. The molecule has 0 aliphatic carbocycles. The molecule has 0 radical (unpaired) electrons. The van der Waals surface area contributed by atoms with E-state index in [1.807, 2.05) is 0 Å². The smallest absolute Gasteiger partial charge is 0.171 e. The molecular weight excluding hydrogens is 157 g/mol. The van der Waals surface area contributed by atoms with Crippen LogP contribution in [-0.2, 0) is 0 Å². The molecule has 0 atom stereocenters. The zero-order chi connectivity index (χ0) is 17.0. The summed E-state index contributed by atoms with van der Waals surface area (Å²) in [5.41, 5.74) is -4.79. The van der Waals surface area contributed by atoms with Crippen molar-refractivity contribution in [3.8, 4) is 0 Å². The van der Waals surface area contributed by atoms with Crippen molar-refractivity contribution >= 4 is 9.38 Å². The van der Waals surface area contributed by atoms with E-state index in [1.54, 1.807) is 0 Å². The highest BCUT2D eigenvalue weighted by Crippen LogP contribution is 2.40. The lowest BCUT2D eigenvalue weighted by molar-refractivity contribution is -0.204. The molecule has 0 fully saturated rings. The van der Waals surface area contributed by atoms with Crippen LogP contribution in [0.4, 0.5) is 13.2 Å². The molecule has 0 N–H and O–H groups in total. The second kappa shape index (κ2) is 2.94. The Kier molecular flexibility index (Phi) is 0.661. The average molecular weight is 180 g/mol. The summed E-state index contributed by atoms with van der Waals surface area (Å²) in [4.78, 5) is 0. The number of alkyl halides is 3. The molecule has 0 amide bonds. The Bertz CT molecular complexity index is 325. The van der Waals surface area contributed by atoms with Gasteiger partial charge in [0.2, 0.25) is 0 Å². The highest BCUT2D eigenvalue weighted by molar-refractivity contribution is 6.33. The van der Waals surface area contributed by atoms with E-state index >= 15 is 0 Å². The second-order valence-corrected chi connectivity index (χ2v) is 2.37. The van der Waals surface area contributed by atoms with Crippen LogP contribution < -0.4 is 0 Å². The van der Waals surface area contributed by atoms with Crippen molar-refractivity contribution in [3.05, 3.63) is 0 Å². The van der Waals surface area contributed by atoms with Crippen molar-refractivity contribution in [2.45, 2.75) is 32.4 Å². The number of hydrogen-bond donors (Lipinski definition) is 0. The summed E-state index contributed by atoms with van der Waals surface area (Å²) in [5.74, 6) is -4.07. The predicted octanol–water partition coefficient (Wildman–Crippen LogP) is 2.21. The van der Waals surface area contributed by atoms with Gasteiger partial charge in [-0.1, -0.05) is 20.3 Å². The van der Waals surface area contributed by atoms with Crippen molar-refractivity contribution < 1.29 is 24.1 Å². The first kappa shape index (κ1) is 2.25. The maximum Gasteiger partial charge on any atom is 0.393 e. The summed E-state index contributed by atoms with van der Waals surface area (Å²) in [6.07, 6.45) is -5.98. The minimum atomic E-state index is -5.98. The van der Waals surface area contributed by atoms with Gasteiger partial charge in [0.1, 0.15) is 0 Å².